The summed E-state index contributed by atoms with van der Waals surface area (Å²) in [6, 6.07) is 7.57. The maximum absolute atomic E-state index is 12.6. The Morgan fingerprint density at radius 1 is 1.00 bits per heavy atom. The summed E-state index contributed by atoms with van der Waals surface area (Å²) < 4.78 is 15.7. The van der Waals surface area contributed by atoms with E-state index in [1.165, 1.54) is 39.5 Å². The Bertz CT molecular complexity index is 800. The molecule has 1 amide bonds. The molecule has 0 spiro atoms. The van der Waals surface area contributed by atoms with Gasteiger partial charge in [-0.15, -0.1) is 0 Å². The number of hydrogen-bond acceptors (Lipinski definition) is 5. The lowest BCUT2D eigenvalue weighted by Gasteiger charge is -2.13. The van der Waals surface area contributed by atoms with Crippen molar-refractivity contribution in [1.82, 2.24) is 0 Å². The molecule has 2 aromatic rings. The van der Waals surface area contributed by atoms with E-state index in [0.29, 0.717) is 21.5 Å². The van der Waals surface area contributed by atoms with E-state index >= 15 is 0 Å². The molecule has 0 heterocycles. The minimum atomic E-state index is -0.529. The standard InChI is InChI=1S/C17H15BrClNO5/c1-23-13-7-10(8-14(24-2)15(13)18)16(21)20-12-6-9(17(22)25-3)4-5-11(12)19/h4-8H,1-3H3,(H,20,21). The predicted molar refractivity (Wildman–Crippen MR) is 98.0 cm³/mol. The summed E-state index contributed by atoms with van der Waals surface area (Å²) in [5, 5.41) is 2.95. The summed E-state index contributed by atoms with van der Waals surface area (Å²) in [5.41, 5.74) is 0.861. The van der Waals surface area contributed by atoms with E-state index in [0.717, 1.165) is 0 Å². The topological polar surface area (TPSA) is 73.9 Å². The molecule has 2 aromatic carbocycles. The first kappa shape index (κ1) is 19.1. The number of esters is 1. The van der Waals surface area contributed by atoms with Gasteiger partial charge < -0.3 is 19.5 Å². The van der Waals surface area contributed by atoms with Gasteiger partial charge in [0, 0.05) is 5.56 Å². The van der Waals surface area contributed by atoms with Crippen LogP contribution >= 0.6 is 27.5 Å². The van der Waals surface area contributed by atoms with Gasteiger partial charge >= 0.3 is 5.97 Å². The molecule has 0 bridgehead atoms. The predicted octanol–water partition coefficient (Wildman–Crippen LogP) is 4.16. The van der Waals surface area contributed by atoms with Crippen molar-refractivity contribution in [1.29, 1.82) is 0 Å². The zero-order valence-electron chi connectivity index (χ0n) is 13.7. The monoisotopic (exact) mass is 427 g/mol. The van der Waals surface area contributed by atoms with Gasteiger partial charge in [0.15, 0.2) is 0 Å². The van der Waals surface area contributed by atoms with Crippen molar-refractivity contribution >= 4 is 45.1 Å². The number of nitrogens with one attached hydrogen (secondary N) is 1. The number of ether oxygens (including phenoxy) is 3. The molecule has 0 radical (unpaired) electrons. The highest BCUT2D eigenvalue weighted by atomic mass is 79.9. The Morgan fingerprint density at radius 3 is 2.12 bits per heavy atom. The summed E-state index contributed by atoms with van der Waals surface area (Å²) >= 11 is 9.44. The Morgan fingerprint density at radius 2 is 1.60 bits per heavy atom. The van der Waals surface area contributed by atoms with Crippen molar-refractivity contribution < 1.29 is 23.8 Å². The zero-order valence-corrected chi connectivity index (χ0v) is 16.0. The Kier molecular flexibility index (Phi) is 6.27. The lowest BCUT2D eigenvalue weighted by molar-refractivity contribution is 0.0600. The van der Waals surface area contributed by atoms with E-state index in [9.17, 15) is 9.59 Å². The summed E-state index contributed by atoms with van der Waals surface area (Å²) in [6.45, 7) is 0. The highest BCUT2D eigenvalue weighted by Crippen LogP contribution is 2.36. The minimum absolute atomic E-state index is 0.271. The number of carbonyl (C=O) groups excluding carboxylic acids is 2. The fourth-order valence-electron chi connectivity index (χ4n) is 2.06. The molecular formula is C17H15BrClNO5. The number of hydrogen-bond donors (Lipinski definition) is 1. The summed E-state index contributed by atoms with van der Waals surface area (Å²) in [6.07, 6.45) is 0. The Labute approximate surface area is 158 Å². The quantitative estimate of drug-likeness (QED) is 0.724. The van der Waals surface area contributed by atoms with Crippen LogP contribution in [0, 0.1) is 0 Å². The van der Waals surface area contributed by atoms with E-state index in [4.69, 9.17) is 21.1 Å². The van der Waals surface area contributed by atoms with Gasteiger partial charge in [0.2, 0.25) is 0 Å². The molecule has 0 saturated heterocycles. The van der Waals surface area contributed by atoms with Crippen LogP contribution in [0.25, 0.3) is 0 Å². The number of amides is 1. The van der Waals surface area contributed by atoms with Crippen LogP contribution in [0.2, 0.25) is 5.02 Å². The summed E-state index contributed by atoms with van der Waals surface area (Å²) in [5.74, 6) is -0.0787. The molecule has 0 aromatic heterocycles. The van der Waals surface area contributed by atoms with Crippen LogP contribution in [0.5, 0.6) is 11.5 Å². The number of halogens is 2. The first-order valence-electron chi connectivity index (χ1n) is 7.02. The molecule has 0 aliphatic carbocycles. The van der Waals surface area contributed by atoms with E-state index in [1.54, 1.807) is 12.1 Å². The number of rotatable bonds is 5. The second-order valence-corrected chi connectivity index (χ2v) is 6.04. The van der Waals surface area contributed by atoms with E-state index in [2.05, 4.69) is 26.0 Å². The highest BCUT2D eigenvalue weighted by molar-refractivity contribution is 9.10. The molecule has 6 nitrogen and oxygen atoms in total. The van der Waals surface area contributed by atoms with Crippen LogP contribution in [0.15, 0.2) is 34.8 Å². The number of anilines is 1. The summed E-state index contributed by atoms with van der Waals surface area (Å²) in [4.78, 5) is 24.2. The largest absolute Gasteiger partial charge is 0.495 e. The normalized spacial score (nSPS) is 10.1. The van der Waals surface area contributed by atoms with Gasteiger partial charge in [-0.25, -0.2) is 4.79 Å². The van der Waals surface area contributed by atoms with Crippen molar-refractivity contribution in [3.05, 3.63) is 51.0 Å². The number of carbonyl (C=O) groups is 2. The van der Waals surface area contributed by atoms with Crippen molar-refractivity contribution in [3.63, 3.8) is 0 Å². The third kappa shape index (κ3) is 4.24. The fraction of sp³-hybridized carbons (Fsp3) is 0.176. The van der Waals surface area contributed by atoms with Crippen LogP contribution < -0.4 is 14.8 Å². The molecule has 0 atom stereocenters. The second-order valence-electron chi connectivity index (χ2n) is 4.84. The SMILES string of the molecule is COC(=O)c1ccc(Cl)c(NC(=O)c2cc(OC)c(Br)c(OC)c2)c1. The molecule has 0 aliphatic rings. The third-order valence-electron chi connectivity index (χ3n) is 3.34. The fourth-order valence-corrected chi connectivity index (χ4v) is 2.78. The molecule has 8 heteroatoms. The van der Waals surface area contributed by atoms with Gasteiger partial charge in [0.25, 0.3) is 5.91 Å². The van der Waals surface area contributed by atoms with Gasteiger partial charge in [-0.05, 0) is 46.3 Å². The van der Waals surface area contributed by atoms with Crippen LogP contribution in [0.3, 0.4) is 0 Å². The zero-order chi connectivity index (χ0) is 18.6. The number of methoxy groups -OCH3 is 3. The van der Waals surface area contributed by atoms with Crippen LogP contribution in [-0.4, -0.2) is 33.2 Å². The van der Waals surface area contributed by atoms with Crippen molar-refractivity contribution in [2.24, 2.45) is 0 Å². The van der Waals surface area contributed by atoms with Crippen molar-refractivity contribution in [3.8, 4) is 11.5 Å². The van der Waals surface area contributed by atoms with Crippen LogP contribution in [-0.2, 0) is 4.74 Å². The first-order valence-corrected chi connectivity index (χ1v) is 8.19. The van der Waals surface area contributed by atoms with Crippen molar-refractivity contribution in [2.75, 3.05) is 26.6 Å². The molecule has 2 rings (SSSR count). The average Bonchev–Trinajstić information content (AvgIpc) is 2.62. The van der Waals surface area contributed by atoms with Crippen LogP contribution in [0.1, 0.15) is 20.7 Å². The van der Waals surface area contributed by atoms with Crippen molar-refractivity contribution in [2.45, 2.75) is 0 Å². The van der Waals surface area contributed by atoms with E-state index in [-0.39, 0.29) is 16.3 Å². The smallest absolute Gasteiger partial charge is 0.337 e. The van der Waals surface area contributed by atoms with E-state index in [1.807, 2.05) is 0 Å². The Balaban J connectivity index is 2.35. The van der Waals surface area contributed by atoms with E-state index < -0.39 is 11.9 Å². The molecule has 1 N–H and O–H groups in total. The summed E-state index contributed by atoms with van der Waals surface area (Å²) in [7, 11) is 4.24. The molecule has 0 saturated carbocycles. The first-order chi connectivity index (χ1) is 11.9. The molecule has 0 fully saturated rings. The molecule has 25 heavy (non-hydrogen) atoms. The molecule has 0 aliphatic heterocycles. The maximum atomic E-state index is 12.6. The average molecular weight is 429 g/mol. The Hall–Kier alpha value is -2.25. The van der Waals surface area contributed by atoms with Gasteiger partial charge in [-0.2, -0.15) is 0 Å². The van der Waals surface area contributed by atoms with Gasteiger partial charge in [-0.3, -0.25) is 4.79 Å². The third-order valence-corrected chi connectivity index (χ3v) is 4.45. The lowest BCUT2D eigenvalue weighted by atomic mass is 10.1. The molecule has 132 valence electrons. The van der Waals surface area contributed by atoms with Crippen LogP contribution in [0.4, 0.5) is 5.69 Å². The highest BCUT2D eigenvalue weighted by Gasteiger charge is 2.17. The lowest BCUT2D eigenvalue weighted by Crippen LogP contribution is -2.13. The molecular weight excluding hydrogens is 414 g/mol. The molecule has 0 unspecified atom stereocenters. The minimum Gasteiger partial charge on any atom is -0.495 e. The maximum Gasteiger partial charge on any atom is 0.337 e. The second kappa shape index (κ2) is 8.22. The number of benzene rings is 2. The van der Waals surface area contributed by atoms with Gasteiger partial charge in [0.1, 0.15) is 16.0 Å². The van der Waals surface area contributed by atoms with Gasteiger partial charge in [-0.1, -0.05) is 11.6 Å². The van der Waals surface area contributed by atoms with Gasteiger partial charge in [0.05, 0.1) is 37.6 Å².